The second-order valence-corrected chi connectivity index (χ2v) is 9.24. The number of carbonyl (C=O) groups excluding carboxylic acids is 1. The molecule has 32 heavy (non-hydrogen) atoms. The third kappa shape index (κ3) is 5.85. The quantitative estimate of drug-likeness (QED) is 0.414. The molecule has 0 saturated carbocycles. The molecule has 0 radical (unpaired) electrons. The van der Waals surface area contributed by atoms with Gasteiger partial charge in [0.15, 0.2) is 5.16 Å². The summed E-state index contributed by atoms with van der Waals surface area (Å²) >= 11 is 13.6. The largest absolute Gasteiger partial charge is 0.368 e. The lowest BCUT2D eigenvalue weighted by molar-refractivity contribution is -0.130. The Hall–Kier alpha value is -2.48. The number of amides is 1. The molecule has 3 aromatic rings. The van der Waals surface area contributed by atoms with Gasteiger partial charge in [-0.25, -0.2) is 4.98 Å². The number of nitrogens with one attached hydrogen (secondary N) is 1. The second kappa shape index (κ2) is 10.4. The predicted molar refractivity (Wildman–Crippen MR) is 130 cm³/mol. The lowest BCUT2D eigenvalue weighted by atomic mass is 10.2. The summed E-state index contributed by atoms with van der Waals surface area (Å²) in [5.41, 5.74) is 2.37. The van der Waals surface area contributed by atoms with Gasteiger partial charge in [-0.15, -0.1) is 0 Å². The van der Waals surface area contributed by atoms with E-state index in [1.54, 1.807) is 6.07 Å². The first-order valence-electron chi connectivity index (χ1n) is 10.2. The molecule has 1 amide bonds. The van der Waals surface area contributed by atoms with Crippen molar-refractivity contribution >= 4 is 46.6 Å². The fourth-order valence-corrected chi connectivity index (χ4v) is 4.67. The number of aromatic amines is 1. The van der Waals surface area contributed by atoms with Crippen molar-refractivity contribution in [2.75, 3.05) is 31.1 Å². The third-order valence-electron chi connectivity index (χ3n) is 5.22. The van der Waals surface area contributed by atoms with E-state index in [2.05, 4.69) is 14.9 Å². The molecule has 0 aliphatic carbocycles. The van der Waals surface area contributed by atoms with Gasteiger partial charge in [0.05, 0.1) is 22.2 Å². The maximum atomic E-state index is 12.8. The van der Waals surface area contributed by atoms with Crippen molar-refractivity contribution in [3.05, 3.63) is 86.3 Å². The summed E-state index contributed by atoms with van der Waals surface area (Å²) in [6.45, 7) is 2.59. The molecule has 0 spiro atoms. The molecule has 6 nitrogen and oxygen atoms in total. The maximum Gasteiger partial charge on any atom is 0.251 e. The summed E-state index contributed by atoms with van der Waals surface area (Å²) in [7, 11) is 0. The van der Waals surface area contributed by atoms with E-state index < -0.39 is 0 Å². The number of H-pyrrole nitrogens is 1. The smallest absolute Gasteiger partial charge is 0.251 e. The van der Waals surface area contributed by atoms with Gasteiger partial charge in [0.25, 0.3) is 5.56 Å². The average Bonchev–Trinajstić information content (AvgIpc) is 2.80. The molecule has 1 aromatic heterocycles. The Bertz CT molecular complexity index is 1150. The Labute approximate surface area is 200 Å². The molecular formula is C23H22Cl2N4O2S. The van der Waals surface area contributed by atoms with Gasteiger partial charge in [0, 0.05) is 43.7 Å². The van der Waals surface area contributed by atoms with Crippen molar-refractivity contribution in [2.45, 2.75) is 17.3 Å². The highest BCUT2D eigenvalue weighted by Crippen LogP contribution is 2.28. The van der Waals surface area contributed by atoms with Crippen LogP contribution in [0.1, 0.15) is 11.3 Å². The number of thioether (sulfide) groups is 1. The number of benzene rings is 2. The lowest BCUT2D eigenvalue weighted by Gasteiger charge is -2.36. The molecule has 0 bridgehead atoms. The fraction of sp³-hybridized carbons (Fsp3) is 0.261. The van der Waals surface area contributed by atoms with Crippen molar-refractivity contribution in [3.63, 3.8) is 0 Å². The Morgan fingerprint density at radius 3 is 2.47 bits per heavy atom. The minimum atomic E-state index is -0.247. The standard InChI is InChI=1S/C23H22Cl2N4O2S/c24-19-7-6-18(14-20(19)25)28-8-10-29(11-9-28)22(31)13-17-12-21(30)27-23(26-17)32-15-16-4-2-1-3-5-16/h1-7,12,14H,8-11,13,15H2,(H,26,27,30). The van der Waals surface area contributed by atoms with E-state index >= 15 is 0 Å². The van der Waals surface area contributed by atoms with Crippen molar-refractivity contribution < 1.29 is 4.79 Å². The molecule has 1 aliphatic rings. The number of hydrogen-bond donors (Lipinski definition) is 1. The number of anilines is 1. The van der Waals surface area contributed by atoms with Crippen molar-refractivity contribution in [1.29, 1.82) is 0 Å². The molecule has 1 aliphatic heterocycles. The highest BCUT2D eigenvalue weighted by molar-refractivity contribution is 7.98. The van der Waals surface area contributed by atoms with Crippen LogP contribution < -0.4 is 10.5 Å². The Balaban J connectivity index is 1.34. The molecule has 4 rings (SSSR count). The normalized spacial score (nSPS) is 13.9. The van der Waals surface area contributed by atoms with Gasteiger partial charge in [0.2, 0.25) is 5.91 Å². The van der Waals surface area contributed by atoms with E-state index in [1.807, 2.05) is 47.4 Å². The zero-order chi connectivity index (χ0) is 22.5. The van der Waals surface area contributed by atoms with Gasteiger partial charge in [-0.1, -0.05) is 65.3 Å². The third-order valence-corrected chi connectivity index (χ3v) is 6.91. The number of piperazine rings is 1. The van der Waals surface area contributed by atoms with Crippen LogP contribution in [0.15, 0.2) is 64.5 Å². The molecule has 0 unspecified atom stereocenters. The highest BCUT2D eigenvalue weighted by atomic mass is 35.5. The Morgan fingerprint density at radius 1 is 1.00 bits per heavy atom. The van der Waals surface area contributed by atoms with Crippen molar-refractivity contribution in [2.24, 2.45) is 0 Å². The lowest BCUT2D eigenvalue weighted by Crippen LogP contribution is -2.49. The van der Waals surface area contributed by atoms with Crippen LogP contribution in [0.3, 0.4) is 0 Å². The van der Waals surface area contributed by atoms with Gasteiger partial charge < -0.3 is 14.8 Å². The van der Waals surface area contributed by atoms with E-state index in [0.29, 0.717) is 52.8 Å². The van der Waals surface area contributed by atoms with Crippen molar-refractivity contribution in [1.82, 2.24) is 14.9 Å². The maximum absolute atomic E-state index is 12.8. The number of halogens is 2. The van der Waals surface area contributed by atoms with Gasteiger partial charge in [0.1, 0.15) is 0 Å². The van der Waals surface area contributed by atoms with Crippen LogP contribution in [0.4, 0.5) is 5.69 Å². The summed E-state index contributed by atoms with van der Waals surface area (Å²) in [4.78, 5) is 36.1. The fourth-order valence-electron chi connectivity index (χ4n) is 3.53. The summed E-state index contributed by atoms with van der Waals surface area (Å²) in [6, 6.07) is 16.9. The number of hydrogen-bond acceptors (Lipinski definition) is 5. The van der Waals surface area contributed by atoms with E-state index in [-0.39, 0.29) is 17.9 Å². The van der Waals surface area contributed by atoms with Crippen LogP contribution in [-0.4, -0.2) is 47.0 Å². The molecule has 2 aromatic carbocycles. The van der Waals surface area contributed by atoms with Crippen molar-refractivity contribution in [3.8, 4) is 0 Å². The van der Waals surface area contributed by atoms with E-state index in [4.69, 9.17) is 23.2 Å². The monoisotopic (exact) mass is 488 g/mol. The number of carbonyl (C=O) groups is 1. The average molecular weight is 489 g/mol. The first-order valence-corrected chi connectivity index (χ1v) is 12.0. The Kier molecular flexibility index (Phi) is 7.40. The van der Waals surface area contributed by atoms with Gasteiger partial charge in [-0.2, -0.15) is 0 Å². The van der Waals surface area contributed by atoms with Crippen LogP contribution in [0.5, 0.6) is 0 Å². The molecule has 2 heterocycles. The summed E-state index contributed by atoms with van der Waals surface area (Å²) in [5, 5.41) is 1.56. The van der Waals surface area contributed by atoms with Gasteiger partial charge in [-0.3, -0.25) is 9.59 Å². The number of aromatic nitrogens is 2. The summed E-state index contributed by atoms with van der Waals surface area (Å²) in [5.74, 6) is 0.661. The van der Waals surface area contributed by atoms with E-state index in [0.717, 1.165) is 11.3 Å². The molecule has 9 heteroatoms. The molecule has 1 fully saturated rings. The van der Waals surface area contributed by atoms with Crippen LogP contribution >= 0.6 is 35.0 Å². The predicted octanol–water partition coefficient (Wildman–Crippen LogP) is 4.26. The first-order chi connectivity index (χ1) is 15.5. The molecule has 0 atom stereocenters. The second-order valence-electron chi connectivity index (χ2n) is 7.46. The topological polar surface area (TPSA) is 69.3 Å². The van der Waals surface area contributed by atoms with E-state index in [9.17, 15) is 9.59 Å². The minimum Gasteiger partial charge on any atom is -0.368 e. The molecule has 1 saturated heterocycles. The van der Waals surface area contributed by atoms with Crippen LogP contribution in [0, 0.1) is 0 Å². The summed E-state index contributed by atoms with van der Waals surface area (Å²) < 4.78 is 0. The zero-order valence-electron chi connectivity index (χ0n) is 17.3. The number of rotatable bonds is 6. The highest BCUT2D eigenvalue weighted by Gasteiger charge is 2.22. The summed E-state index contributed by atoms with van der Waals surface area (Å²) in [6.07, 6.45) is 0.107. The first kappa shape index (κ1) is 22.7. The van der Waals surface area contributed by atoms with Crippen LogP contribution in [-0.2, 0) is 17.0 Å². The van der Waals surface area contributed by atoms with Gasteiger partial charge >= 0.3 is 0 Å². The SMILES string of the molecule is O=C(Cc1cc(=O)[nH]c(SCc2ccccc2)n1)N1CCN(c2ccc(Cl)c(Cl)c2)CC1. The van der Waals surface area contributed by atoms with Gasteiger partial charge in [-0.05, 0) is 23.8 Å². The molecular weight excluding hydrogens is 467 g/mol. The van der Waals surface area contributed by atoms with Crippen LogP contribution in [0.2, 0.25) is 10.0 Å². The minimum absolute atomic E-state index is 0.0316. The molecule has 166 valence electrons. The van der Waals surface area contributed by atoms with Crippen LogP contribution in [0.25, 0.3) is 0 Å². The Morgan fingerprint density at radius 2 is 1.75 bits per heavy atom. The molecule has 1 N–H and O–H groups in total. The zero-order valence-corrected chi connectivity index (χ0v) is 19.6. The van der Waals surface area contributed by atoms with E-state index in [1.165, 1.54) is 17.8 Å². The number of nitrogens with zero attached hydrogens (tertiary/aromatic N) is 3.